The topological polar surface area (TPSA) is 106 Å². The molecule has 0 unspecified atom stereocenters. The molecule has 9 heteroatoms. The number of rotatable bonds is 4. The Kier molecular flexibility index (Phi) is 3.63. The second-order valence-electron chi connectivity index (χ2n) is 8.51. The molecule has 31 heavy (non-hydrogen) atoms. The fraction of sp³-hybridized carbons (Fsp3) is 0.318. The minimum Gasteiger partial charge on any atom is -0.455 e. The quantitative estimate of drug-likeness (QED) is 0.247. The minimum atomic E-state index is -0.725. The van der Waals surface area contributed by atoms with Crippen LogP contribution in [0.4, 0.5) is 10.1 Å². The van der Waals surface area contributed by atoms with E-state index in [0.717, 1.165) is 23.6 Å². The number of hydrogen-bond donors (Lipinski definition) is 0. The highest BCUT2D eigenvalue weighted by Crippen LogP contribution is 2.65. The Hall–Kier alpha value is -3.62. The molecule has 2 bridgehead atoms. The Bertz CT molecular complexity index is 1180. The summed E-state index contributed by atoms with van der Waals surface area (Å²) in [6.07, 6.45) is 6.52. The van der Waals surface area contributed by atoms with Gasteiger partial charge in [-0.15, -0.1) is 0 Å². The van der Waals surface area contributed by atoms with Crippen LogP contribution >= 0.6 is 0 Å². The number of imide groups is 1. The molecule has 2 heterocycles. The maximum absolute atomic E-state index is 13.4. The summed E-state index contributed by atoms with van der Waals surface area (Å²) in [7, 11) is 0. The zero-order valence-electron chi connectivity index (χ0n) is 16.1. The van der Waals surface area contributed by atoms with Crippen LogP contribution in [-0.4, -0.2) is 28.0 Å². The van der Waals surface area contributed by atoms with E-state index in [0.29, 0.717) is 11.8 Å². The number of allylic oxidation sites excluding steroid dienone is 2. The predicted octanol–water partition coefficient (Wildman–Crippen LogP) is 3.38. The van der Waals surface area contributed by atoms with Crippen LogP contribution in [0, 0.1) is 51.4 Å². The summed E-state index contributed by atoms with van der Waals surface area (Å²) in [5.41, 5.74) is -0.305. The lowest BCUT2D eigenvalue weighted by molar-refractivity contribution is -0.384. The maximum atomic E-state index is 13.4. The van der Waals surface area contributed by atoms with E-state index < -0.39 is 16.4 Å². The third kappa shape index (κ3) is 2.55. The number of amides is 2. The first-order valence-corrected chi connectivity index (χ1v) is 10.1. The fourth-order valence-electron chi connectivity index (χ4n) is 5.60. The van der Waals surface area contributed by atoms with Crippen LogP contribution in [0.15, 0.2) is 52.0 Å². The first kappa shape index (κ1) is 18.2. The first-order chi connectivity index (χ1) is 14.9. The number of benzene rings is 1. The van der Waals surface area contributed by atoms with Crippen LogP contribution in [0.3, 0.4) is 0 Å². The summed E-state index contributed by atoms with van der Waals surface area (Å²) >= 11 is 0. The molecular formula is C22H16FN3O5. The molecule has 6 atom stereocenters. The van der Waals surface area contributed by atoms with Crippen LogP contribution in [0.25, 0.3) is 11.3 Å². The highest BCUT2D eigenvalue weighted by molar-refractivity contribution is 6.06. The second-order valence-corrected chi connectivity index (χ2v) is 8.51. The Labute approximate surface area is 175 Å². The van der Waals surface area contributed by atoms with Crippen molar-refractivity contribution in [3.63, 3.8) is 0 Å². The number of hydrogen-bond acceptors (Lipinski definition) is 6. The van der Waals surface area contributed by atoms with Gasteiger partial charge in [0.2, 0.25) is 0 Å². The molecule has 4 aliphatic carbocycles. The molecule has 156 valence electrons. The predicted molar refractivity (Wildman–Crippen MR) is 105 cm³/mol. The van der Waals surface area contributed by atoms with Gasteiger partial charge < -0.3 is 4.42 Å². The molecule has 0 N–H and O–H groups in total. The molecule has 2 aromatic rings. The summed E-state index contributed by atoms with van der Waals surface area (Å²) in [6.45, 7) is 0. The van der Waals surface area contributed by atoms with Gasteiger partial charge in [-0.25, -0.2) is 4.39 Å². The van der Waals surface area contributed by atoms with Crippen molar-refractivity contribution in [1.82, 2.24) is 5.01 Å². The van der Waals surface area contributed by atoms with Crippen molar-refractivity contribution in [2.45, 2.75) is 6.42 Å². The van der Waals surface area contributed by atoms with Gasteiger partial charge in [-0.3, -0.25) is 19.7 Å². The van der Waals surface area contributed by atoms with Gasteiger partial charge in [0.15, 0.2) is 0 Å². The molecule has 2 amide bonds. The van der Waals surface area contributed by atoms with Gasteiger partial charge in [-0.05, 0) is 54.4 Å². The highest BCUT2D eigenvalue weighted by Gasteiger charge is 2.67. The van der Waals surface area contributed by atoms with E-state index in [1.54, 1.807) is 0 Å². The van der Waals surface area contributed by atoms with Crippen molar-refractivity contribution >= 4 is 23.7 Å². The molecule has 1 aromatic carbocycles. The molecule has 1 saturated heterocycles. The SMILES string of the molecule is O=C1[C@@H]2[C@H]3C=C[C@H]([C@H]4C[C@H]34)[C@@H]2C(=O)N1/N=C\c1ccc(-c2ccc(F)cc2[N+](=O)[O-])o1. The summed E-state index contributed by atoms with van der Waals surface area (Å²) in [5.74, 6) is -0.332. The third-order valence-electron chi connectivity index (χ3n) is 6.99. The first-order valence-electron chi connectivity index (χ1n) is 10.1. The molecule has 1 aromatic heterocycles. The molecule has 5 aliphatic rings. The van der Waals surface area contributed by atoms with E-state index in [9.17, 15) is 24.1 Å². The Morgan fingerprint density at radius 2 is 1.77 bits per heavy atom. The largest absolute Gasteiger partial charge is 0.455 e. The average Bonchev–Trinajstić information content (AvgIpc) is 3.39. The van der Waals surface area contributed by atoms with Crippen LogP contribution in [0.1, 0.15) is 12.2 Å². The average molecular weight is 421 g/mol. The second kappa shape index (κ2) is 6.19. The normalized spacial score (nSPS) is 32.6. The van der Waals surface area contributed by atoms with E-state index >= 15 is 0 Å². The van der Waals surface area contributed by atoms with Crippen molar-refractivity contribution in [3.05, 3.63) is 64.2 Å². The van der Waals surface area contributed by atoms with Gasteiger partial charge in [-0.2, -0.15) is 10.1 Å². The number of carbonyl (C=O) groups is 2. The van der Waals surface area contributed by atoms with Gasteiger partial charge in [0.1, 0.15) is 17.3 Å². The molecule has 1 aliphatic heterocycles. The number of furan rings is 1. The highest BCUT2D eigenvalue weighted by atomic mass is 19.1. The molecule has 8 nitrogen and oxygen atoms in total. The van der Waals surface area contributed by atoms with Crippen molar-refractivity contribution in [3.8, 4) is 11.3 Å². The summed E-state index contributed by atoms with van der Waals surface area (Å²) in [6, 6.07) is 6.20. The van der Waals surface area contributed by atoms with Crippen LogP contribution < -0.4 is 0 Å². The lowest BCUT2D eigenvalue weighted by atomic mass is 9.63. The number of nitro benzene ring substituents is 1. The number of halogens is 1. The van der Waals surface area contributed by atoms with Crippen molar-refractivity contribution < 1.29 is 23.3 Å². The molecular weight excluding hydrogens is 405 g/mol. The van der Waals surface area contributed by atoms with Crippen LogP contribution in [0.2, 0.25) is 0 Å². The Morgan fingerprint density at radius 1 is 1.10 bits per heavy atom. The Morgan fingerprint density at radius 3 is 2.42 bits per heavy atom. The van der Waals surface area contributed by atoms with Crippen LogP contribution in [0.5, 0.6) is 0 Å². The van der Waals surface area contributed by atoms with E-state index in [4.69, 9.17) is 4.42 Å². The van der Waals surface area contributed by atoms with Gasteiger partial charge in [-0.1, -0.05) is 12.2 Å². The molecule has 2 saturated carbocycles. The molecule has 3 fully saturated rings. The summed E-state index contributed by atoms with van der Waals surface area (Å²) in [4.78, 5) is 36.4. The van der Waals surface area contributed by atoms with E-state index in [-0.39, 0.29) is 52.6 Å². The lowest BCUT2D eigenvalue weighted by Gasteiger charge is -2.37. The molecule has 7 rings (SSSR count). The third-order valence-corrected chi connectivity index (χ3v) is 6.99. The van der Waals surface area contributed by atoms with Crippen molar-refractivity contribution in [1.29, 1.82) is 0 Å². The molecule has 0 spiro atoms. The number of hydrazone groups is 1. The maximum Gasteiger partial charge on any atom is 0.283 e. The Balaban J connectivity index is 1.26. The van der Waals surface area contributed by atoms with Crippen LogP contribution in [-0.2, 0) is 9.59 Å². The van der Waals surface area contributed by atoms with E-state index in [1.807, 2.05) is 0 Å². The van der Waals surface area contributed by atoms with Crippen molar-refractivity contribution in [2.75, 3.05) is 0 Å². The minimum absolute atomic E-state index is 0.117. The molecule has 0 radical (unpaired) electrons. The number of carbonyl (C=O) groups excluding carboxylic acids is 2. The lowest BCUT2D eigenvalue weighted by Crippen LogP contribution is -2.40. The number of nitro groups is 1. The number of nitrogens with zero attached hydrogens (tertiary/aromatic N) is 3. The van der Waals surface area contributed by atoms with E-state index in [1.165, 1.54) is 24.4 Å². The zero-order chi connectivity index (χ0) is 21.4. The fourth-order valence-corrected chi connectivity index (χ4v) is 5.60. The smallest absolute Gasteiger partial charge is 0.283 e. The van der Waals surface area contributed by atoms with E-state index in [2.05, 4.69) is 17.3 Å². The van der Waals surface area contributed by atoms with Crippen molar-refractivity contribution in [2.24, 2.45) is 40.6 Å². The summed E-state index contributed by atoms with van der Waals surface area (Å²) in [5, 5.41) is 16.2. The van der Waals surface area contributed by atoms with Gasteiger partial charge in [0.25, 0.3) is 17.5 Å². The van der Waals surface area contributed by atoms with Gasteiger partial charge in [0.05, 0.1) is 34.6 Å². The van der Waals surface area contributed by atoms with Gasteiger partial charge in [0, 0.05) is 0 Å². The zero-order valence-corrected chi connectivity index (χ0v) is 16.1. The summed E-state index contributed by atoms with van der Waals surface area (Å²) < 4.78 is 19.0. The monoisotopic (exact) mass is 421 g/mol. The van der Waals surface area contributed by atoms with Gasteiger partial charge >= 0.3 is 0 Å². The standard InChI is InChI=1S/C22H16FN3O5/c23-10-1-3-14(17(7-10)26(29)30)18-6-2-11(31-18)9-24-25-21(27)19-12-4-5-13(16-8-15(12)16)20(19)22(25)28/h1-7,9,12-13,15-16,19-20H,8H2/b24-9-/t12-,13+,15-,16-,19+,20-/m1/s1.